The standard InChI is InChI=1S/C11H17N5O2/c1-3-6-15(8-4-5-8)11-9(16(17)18)10(12-2)13-7-14-11/h7-8H,3-6H2,1-2H3,(H,12,13,14). The van der Waals surface area contributed by atoms with E-state index in [1.54, 1.807) is 7.05 Å². The molecule has 0 radical (unpaired) electrons. The van der Waals surface area contributed by atoms with Crippen molar-refractivity contribution in [2.45, 2.75) is 32.2 Å². The molecule has 0 saturated heterocycles. The van der Waals surface area contributed by atoms with Gasteiger partial charge in [-0.2, -0.15) is 0 Å². The highest BCUT2D eigenvalue weighted by Gasteiger charge is 2.35. The highest BCUT2D eigenvalue weighted by atomic mass is 16.6. The van der Waals surface area contributed by atoms with Gasteiger partial charge in [-0.3, -0.25) is 10.1 Å². The molecule has 7 nitrogen and oxygen atoms in total. The maximum Gasteiger partial charge on any atom is 0.353 e. The van der Waals surface area contributed by atoms with Crippen molar-refractivity contribution >= 4 is 17.3 Å². The van der Waals surface area contributed by atoms with Crippen LogP contribution in [-0.4, -0.2) is 34.5 Å². The van der Waals surface area contributed by atoms with Crippen molar-refractivity contribution in [3.05, 3.63) is 16.4 Å². The molecule has 0 atom stereocenters. The van der Waals surface area contributed by atoms with Gasteiger partial charge in [0.25, 0.3) is 0 Å². The van der Waals surface area contributed by atoms with Crippen LogP contribution in [-0.2, 0) is 0 Å². The first-order chi connectivity index (χ1) is 8.69. The van der Waals surface area contributed by atoms with Crippen molar-refractivity contribution in [3.8, 4) is 0 Å². The Balaban J connectivity index is 2.43. The molecule has 1 aromatic heterocycles. The third kappa shape index (κ3) is 2.34. The predicted molar refractivity (Wildman–Crippen MR) is 68.9 cm³/mol. The van der Waals surface area contributed by atoms with Crippen LogP contribution in [0.1, 0.15) is 26.2 Å². The van der Waals surface area contributed by atoms with Crippen molar-refractivity contribution in [3.63, 3.8) is 0 Å². The fourth-order valence-electron chi connectivity index (χ4n) is 2.02. The van der Waals surface area contributed by atoms with Crippen molar-refractivity contribution in [1.29, 1.82) is 0 Å². The molecule has 0 amide bonds. The van der Waals surface area contributed by atoms with Crippen molar-refractivity contribution in [2.24, 2.45) is 0 Å². The van der Waals surface area contributed by atoms with Gasteiger partial charge < -0.3 is 10.2 Å². The molecule has 1 aromatic rings. The summed E-state index contributed by atoms with van der Waals surface area (Å²) in [7, 11) is 1.63. The zero-order valence-corrected chi connectivity index (χ0v) is 10.6. The Hall–Kier alpha value is -1.92. The van der Waals surface area contributed by atoms with Gasteiger partial charge in [-0.1, -0.05) is 6.92 Å². The van der Waals surface area contributed by atoms with E-state index in [4.69, 9.17) is 0 Å². The quantitative estimate of drug-likeness (QED) is 0.613. The molecule has 0 aliphatic heterocycles. The molecule has 1 aliphatic rings. The number of rotatable bonds is 6. The average molecular weight is 251 g/mol. The summed E-state index contributed by atoms with van der Waals surface area (Å²) in [4.78, 5) is 20.9. The van der Waals surface area contributed by atoms with Gasteiger partial charge >= 0.3 is 5.69 Å². The second kappa shape index (κ2) is 5.16. The van der Waals surface area contributed by atoms with Crippen LogP contribution in [0.4, 0.5) is 17.3 Å². The van der Waals surface area contributed by atoms with E-state index in [1.807, 2.05) is 4.90 Å². The van der Waals surface area contributed by atoms with Crippen LogP contribution in [0.2, 0.25) is 0 Å². The van der Waals surface area contributed by atoms with Crippen molar-refractivity contribution < 1.29 is 4.92 Å². The van der Waals surface area contributed by atoms with Gasteiger partial charge in [0, 0.05) is 19.6 Å². The third-order valence-electron chi connectivity index (χ3n) is 2.95. The lowest BCUT2D eigenvalue weighted by Gasteiger charge is -2.22. The molecule has 18 heavy (non-hydrogen) atoms. The Bertz CT molecular complexity index is 447. The Labute approximate surface area is 105 Å². The minimum absolute atomic E-state index is 0.0275. The molecular formula is C11H17N5O2. The van der Waals surface area contributed by atoms with Crippen LogP contribution in [0.15, 0.2) is 6.33 Å². The second-order valence-electron chi connectivity index (χ2n) is 4.33. The number of hydrogen-bond donors (Lipinski definition) is 1. The zero-order valence-electron chi connectivity index (χ0n) is 10.6. The highest BCUT2D eigenvalue weighted by molar-refractivity contribution is 5.70. The topological polar surface area (TPSA) is 84.2 Å². The van der Waals surface area contributed by atoms with Gasteiger partial charge in [-0.25, -0.2) is 9.97 Å². The van der Waals surface area contributed by atoms with Crippen LogP contribution < -0.4 is 10.2 Å². The molecule has 98 valence electrons. The fraction of sp³-hybridized carbons (Fsp3) is 0.636. The van der Waals surface area contributed by atoms with Crippen LogP contribution in [0.25, 0.3) is 0 Å². The first kappa shape index (κ1) is 12.5. The average Bonchev–Trinajstić information content (AvgIpc) is 3.19. The SMILES string of the molecule is CCCN(c1ncnc(NC)c1[N+](=O)[O-])C1CC1. The number of aromatic nitrogens is 2. The fourth-order valence-corrected chi connectivity index (χ4v) is 2.02. The summed E-state index contributed by atoms with van der Waals surface area (Å²) >= 11 is 0. The normalized spacial score (nSPS) is 14.3. The molecule has 0 unspecified atom stereocenters. The van der Waals surface area contributed by atoms with E-state index in [0.29, 0.717) is 11.9 Å². The summed E-state index contributed by atoms with van der Waals surface area (Å²) < 4.78 is 0. The summed E-state index contributed by atoms with van der Waals surface area (Å²) in [6, 6.07) is 0.392. The molecule has 7 heteroatoms. The molecule has 1 N–H and O–H groups in total. The highest BCUT2D eigenvalue weighted by Crippen LogP contribution is 2.37. The molecular weight excluding hydrogens is 234 g/mol. The summed E-state index contributed by atoms with van der Waals surface area (Å²) in [6.45, 7) is 2.84. The van der Waals surface area contributed by atoms with Crippen LogP contribution in [0, 0.1) is 10.1 Å². The molecule has 1 heterocycles. The Morgan fingerprint density at radius 2 is 2.28 bits per heavy atom. The lowest BCUT2D eigenvalue weighted by molar-refractivity contribution is -0.383. The van der Waals surface area contributed by atoms with Gasteiger partial charge in [0.15, 0.2) is 0 Å². The maximum atomic E-state index is 11.2. The number of nitro groups is 1. The van der Waals surface area contributed by atoms with Gasteiger partial charge in [0.05, 0.1) is 4.92 Å². The van der Waals surface area contributed by atoms with E-state index in [-0.39, 0.29) is 11.5 Å². The number of anilines is 2. The molecule has 0 aromatic carbocycles. The summed E-state index contributed by atoms with van der Waals surface area (Å²) in [5.41, 5.74) is -0.0275. The second-order valence-corrected chi connectivity index (χ2v) is 4.33. The molecule has 1 fully saturated rings. The van der Waals surface area contributed by atoms with Gasteiger partial charge in [-0.05, 0) is 19.3 Å². The molecule has 2 rings (SSSR count). The molecule has 0 spiro atoms. The van der Waals surface area contributed by atoms with Crippen LogP contribution in [0.5, 0.6) is 0 Å². The monoisotopic (exact) mass is 251 g/mol. The molecule has 1 aliphatic carbocycles. The van der Waals surface area contributed by atoms with Crippen molar-refractivity contribution in [1.82, 2.24) is 9.97 Å². The maximum absolute atomic E-state index is 11.2. The third-order valence-corrected chi connectivity index (χ3v) is 2.95. The van der Waals surface area contributed by atoms with E-state index in [0.717, 1.165) is 25.8 Å². The Morgan fingerprint density at radius 1 is 1.56 bits per heavy atom. The number of nitrogens with one attached hydrogen (secondary N) is 1. The van der Waals surface area contributed by atoms with E-state index in [1.165, 1.54) is 6.33 Å². The lowest BCUT2D eigenvalue weighted by Crippen LogP contribution is -2.28. The van der Waals surface area contributed by atoms with E-state index in [2.05, 4.69) is 22.2 Å². The predicted octanol–water partition coefficient (Wildman–Crippen LogP) is 1.81. The first-order valence-corrected chi connectivity index (χ1v) is 6.12. The van der Waals surface area contributed by atoms with Gasteiger partial charge in [-0.15, -0.1) is 0 Å². The number of nitrogens with zero attached hydrogens (tertiary/aromatic N) is 4. The van der Waals surface area contributed by atoms with E-state index < -0.39 is 4.92 Å². The Kier molecular flexibility index (Phi) is 3.59. The number of hydrogen-bond acceptors (Lipinski definition) is 6. The smallest absolute Gasteiger partial charge is 0.353 e. The first-order valence-electron chi connectivity index (χ1n) is 6.12. The molecule has 0 bridgehead atoms. The van der Waals surface area contributed by atoms with Crippen LogP contribution >= 0.6 is 0 Å². The zero-order chi connectivity index (χ0) is 13.1. The van der Waals surface area contributed by atoms with E-state index in [9.17, 15) is 10.1 Å². The van der Waals surface area contributed by atoms with E-state index >= 15 is 0 Å². The lowest BCUT2D eigenvalue weighted by atomic mass is 10.3. The molecule has 1 saturated carbocycles. The summed E-state index contributed by atoms with van der Waals surface area (Å²) in [6.07, 6.45) is 4.47. The minimum Gasteiger partial charge on any atom is -0.367 e. The summed E-state index contributed by atoms with van der Waals surface area (Å²) in [5, 5.41) is 14.0. The van der Waals surface area contributed by atoms with Crippen LogP contribution in [0.3, 0.4) is 0 Å². The van der Waals surface area contributed by atoms with Crippen molar-refractivity contribution in [2.75, 3.05) is 23.8 Å². The largest absolute Gasteiger partial charge is 0.367 e. The Morgan fingerprint density at radius 3 is 2.78 bits per heavy atom. The van der Waals surface area contributed by atoms with Gasteiger partial charge in [0.1, 0.15) is 6.33 Å². The minimum atomic E-state index is -0.411. The van der Waals surface area contributed by atoms with Gasteiger partial charge in [0.2, 0.25) is 11.6 Å². The summed E-state index contributed by atoms with van der Waals surface area (Å²) in [5.74, 6) is 0.704.